The SMILES string of the molecule is CCOC(=O)N1CCN(C(=O)c2ccc(CS(=O)(=O)N3CCOCC3)cc2)CC1. The summed E-state index contributed by atoms with van der Waals surface area (Å²) >= 11 is 0. The summed E-state index contributed by atoms with van der Waals surface area (Å²) in [7, 11) is -3.40. The Balaban J connectivity index is 1.56. The first-order valence-corrected chi connectivity index (χ1v) is 11.4. The first kappa shape index (κ1) is 21.5. The molecular formula is C19H27N3O6S. The van der Waals surface area contributed by atoms with Crippen molar-refractivity contribution in [2.75, 3.05) is 59.1 Å². The number of benzene rings is 1. The minimum Gasteiger partial charge on any atom is -0.450 e. The van der Waals surface area contributed by atoms with E-state index in [0.29, 0.717) is 70.2 Å². The van der Waals surface area contributed by atoms with Gasteiger partial charge in [0.05, 0.1) is 25.6 Å². The molecule has 0 saturated carbocycles. The van der Waals surface area contributed by atoms with Gasteiger partial charge < -0.3 is 19.3 Å². The molecule has 2 saturated heterocycles. The largest absolute Gasteiger partial charge is 0.450 e. The number of amides is 2. The van der Waals surface area contributed by atoms with Crippen LogP contribution in [0.5, 0.6) is 0 Å². The molecule has 0 aliphatic carbocycles. The van der Waals surface area contributed by atoms with Gasteiger partial charge in [0.1, 0.15) is 0 Å². The van der Waals surface area contributed by atoms with Crippen molar-refractivity contribution in [1.82, 2.24) is 14.1 Å². The molecule has 160 valence electrons. The lowest BCUT2D eigenvalue weighted by molar-refractivity contribution is 0.0570. The summed E-state index contributed by atoms with van der Waals surface area (Å²) < 4.78 is 36.6. The summed E-state index contributed by atoms with van der Waals surface area (Å²) in [4.78, 5) is 27.7. The molecule has 0 spiro atoms. The van der Waals surface area contributed by atoms with Crippen LogP contribution in [0.2, 0.25) is 0 Å². The van der Waals surface area contributed by atoms with Gasteiger partial charge >= 0.3 is 6.09 Å². The predicted octanol–water partition coefficient (Wildman–Crippen LogP) is 0.763. The van der Waals surface area contributed by atoms with E-state index in [1.54, 1.807) is 41.0 Å². The Morgan fingerprint density at radius 3 is 2.14 bits per heavy atom. The van der Waals surface area contributed by atoms with Gasteiger partial charge in [0, 0.05) is 44.8 Å². The predicted molar refractivity (Wildman–Crippen MR) is 106 cm³/mol. The van der Waals surface area contributed by atoms with Crippen molar-refractivity contribution in [1.29, 1.82) is 0 Å². The van der Waals surface area contributed by atoms with Gasteiger partial charge in [0.25, 0.3) is 5.91 Å². The van der Waals surface area contributed by atoms with Gasteiger partial charge in [-0.05, 0) is 24.6 Å². The Bertz CT molecular complexity index is 813. The zero-order valence-corrected chi connectivity index (χ0v) is 17.4. The van der Waals surface area contributed by atoms with Crippen LogP contribution in [0.4, 0.5) is 4.79 Å². The van der Waals surface area contributed by atoms with Gasteiger partial charge in [0.15, 0.2) is 0 Å². The van der Waals surface area contributed by atoms with Crippen molar-refractivity contribution in [2.24, 2.45) is 0 Å². The monoisotopic (exact) mass is 425 g/mol. The van der Waals surface area contributed by atoms with Gasteiger partial charge in [-0.2, -0.15) is 4.31 Å². The third kappa shape index (κ3) is 5.46. The van der Waals surface area contributed by atoms with E-state index in [2.05, 4.69) is 0 Å². The molecule has 2 aliphatic heterocycles. The minimum atomic E-state index is -3.40. The van der Waals surface area contributed by atoms with Crippen LogP contribution in [0.1, 0.15) is 22.8 Å². The fourth-order valence-electron chi connectivity index (χ4n) is 3.36. The summed E-state index contributed by atoms with van der Waals surface area (Å²) in [6.07, 6.45) is -0.356. The number of sulfonamides is 1. The molecule has 0 bridgehead atoms. The number of nitrogens with zero attached hydrogens (tertiary/aromatic N) is 3. The normalized spacial score (nSPS) is 18.5. The lowest BCUT2D eigenvalue weighted by Gasteiger charge is -2.34. The van der Waals surface area contributed by atoms with E-state index in [-0.39, 0.29) is 17.8 Å². The van der Waals surface area contributed by atoms with Crippen molar-refractivity contribution in [2.45, 2.75) is 12.7 Å². The molecular weight excluding hydrogens is 398 g/mol. The molecule has 0 radical (unpaired) electrons. The van der Waals surface area contributed by atoms with Crippen molar-refractivity contribution < 1.29 is 27.5 Å². The summed E-state index contributed by atoms with van der Waals surface area (Å²) in [5, 5.41) is 0. The molecule has 0 unspecified atom stereocenters. The Labute approximate surface area is 171 Å². The van der Waals surface area contributed by atoms with Crippen molar-refractivity contribution in [3.63, 3.8) is 0 Å². The molecule has 1 aromatic carbocycles. The fourth-order valence-corrected chi connectivity index (χ4v) is 4.86. The van der Waals surface area contributed by atoms with Gasteiger partial charge in [-0.25, -0.2) is 13.2 Å². The second-order valence-electron chi connectivity index (χ2n) is 6.94. The highest BCUT2D eigenvalue weighted by Crippen LogP contribution is 2.15. The maximum atomic E-state index is 12.7. The maximum absolute atomic E-state index is 12.7. The molecule has 2 aliphatic rings. The molecule has 0 N–H and O–H groups in total. The van der Waals surface area contributed by atoms with Crippen LogP contribution in [0.25, 0.3) is 0 Å². The van der Waals surface area contributed by atoms with Crippen molar-refractivity contribution in [3.05, 3.63) is 35.4 Å². The third-order valence-electron chi connectivity index (χ3n) is 5.01. The molecule has 10 heteroatoms. The van der Waals surface area contributed by atoms with E-state index in [1.165, 1.54) is 4.31 Å². The van der Waals surface area contributed by atoms with Crippen LogP contribution in [0, 0.1) is 0 Å². The van der Waals surface area contributed by atoms with Crippen LogP contribution in [0.3, 0.4) is 0 Å². The highest BCUT2D eigenvalue weighted by molar-refractivity contribution is 7.88. The number of carbonyl (C=O) groups is 2. The highest BCUT2D eigenvalue weighted by Gasteiger charge is 2.27. The first-order valence-electron chi connectivity index (χ1n) is 9.76. The van der Waals surface area contributed by atoms with E-state index in [1.807, 2.05) is 0 Å². The van der Waals surface area contributed by atoms with Crippen LogP contribution in [-0.2, 0) is 25.2 Å². The van der Waals surface area contributed by atoms with E-state index in [9.17, 15) is 18.0 Å². The van der Waals surface area contributed by atoms with E-state index >= 15 is 0 Å². The van der Waals surface area contributed by atoms with Crippen molar-refractivity contribution >= 4 is 22.0 Å². The molecule has 2 heterocycles. The van der Waals surface area contributed by atoms with Gasteiger partial charge in [0.2, 0.25) is 10.0 Å². The van der Waals surface area contributed by atoms with E-state index < -0.39 is 10.0 Å². The molecule has 0 aromatic heterocycles. The number of rotatable bonds is 5. The van der Waals surface area contributed by atoms with E-state index in [4.69, 9.17) is 9.47 Å². The average Bonchev–Trinajstić information content (AvgIpc) is 2.74. The second kappa shape index (κ2) is 9.55. The molecule has 2 fully saturated rings. The zero-order valence-electron chi connectivity index (χ0n) is 16.6. The van der Waals surface area contributed by atoms with Crippen LogP contribution in [0.15, 0.2) is 24.3 Å². The maximum Gasteiger partial charge on any atom is 0.409 e. The van der Waals surface area contributed by atoms with Gasteiger partial charge in [-0.3, -0.25) is 4.79 Å². The van der Waals surface area contributed by atoms with Gasteiger partial charge in [-0.1, -0.05) is 12.1 Å². The van der Waals surface area contributed by atoms with E-state index in [0.717, 1.165) is 0 Å². The molecule has 29 heavy (non-hydrogen) atoms. The molecule has 9 nitrogen and oxygen atoms in total. The Kier molecular flexibility index (Phi) is 7.09. The fraction of sp³-hybridized carbons (Fsp3) is 0.579. The molecule has 0 atom stereocenters. The molecule has 1 aromatic rings. The summed E-state index contributed by atoms with van der Waals surface area (Å²) in [6, 6.07) is 6.68. The summed E-state index contributed by atoms with van der Waals surface area (Å²) in [6.45, 7) is 5.38. The molecule has 2 amide bonds. The molecule has 3 rings (SSSR count). The zero-order chi connectivity index (χ0) is 20.9. The Morgan fingerprint density at radius 1 is 0.966 bits per heavy atom. The minimum absolute atomic E-state index is 0.0975. The van der Waals surface area contributed by atoms with Crippen LogP contribution in [-0.4, -0.2) is 93.6 Å². The number of piperazine rings is 1. The highest BCUT2D eigenvalue weighted by atomic mass is 32.2. The topological polar surface area (TPSA) is 96.5 Å². The number of carbonyl (C=O) groups excluding carboxylic acids is 2. The van der Waals surface area contributed by atoms with Crippen LogP contribution < -0.4 is 0 Å². The first-order chi connectivity index (χ1) is 13.9. The lowest BCUT2D eigenvalue weighted by atomic mass is 10.1. The van der Waals surface area contributed by atoms with Gasteiger partial charge in [-0.15, -0.1) is 0 Å². The number of ether oxygens (including phenoxy) is 2. The number of hydrogen-bond donors (Lipinski definition) is 0. The third-order valence-corrected chi connectivity index (χ3v) is 6.86. The number of hydrogen-bond acceptors (Lipinski definition) is 6. The van der Waals surface area contributed by atoms with Crippen LogP contribution >= 0.6 is 0 Å². The quantitative estimate of drug-likeness (QED) is 0.691. The number of morpholine rings is 1. The van der Waals surface area contributed by atoms with Crippen molar-refractivity contribution in [3.8, 4) is 0 Å². The smallest absolute Gasteiger partial charge is 0.409 e. The Hall–Kier alpha value is -2.17. The summed E-state index contributed by atoms with van der Waals surface area (Å²) in [5.74, 6) is -0.226. The average molecular weight is 426 g/mol. The lowest BCUT2D eigenvalue weighted by Crippen LogP contribution is -2.50. The summed E-state index contributed by atoms with van der Waals surface area (Å²) in [5.41, 5.74) is 1.14. The Morgan fingerprint density at radius 2 is 1.55 bits per heavy atom. The standard InChI is InChI=1S/C19H27N3O6S/c1-2-28-19(24)21-9-7-20(8-10-21)18(23)17-5-3-16(4-6-17)15-29(25,26)22-11-13-27-14-12-22/h3-6H,2,7-15H2,1H3. The second-order valence-corrected chi connectivity index (χ2v) is 8.91.